The molecule has 0 radical (unpaired) electrons. The number of aliphatic imine (C=N–C) groups is 1. The number of aromatic nitrogens is 1. The number of esters is 1. The zero-order valence-corrected chi connectivity index (χ0v) is 39.0. The van der Waals surface area contributed by atoms with Gasteiger partial charge in [-0.25, -0.2) is 4.79 Å². The van der Waals surface area contributed by atoms with Gasteiger partial charge in [0.15, 0.2) is 11.9 Å². The van der Waals surface area contributed by atoms with Gasteiger partial charge in [-0.05, 0) is 79.1 Å². The van der Waals surface area contributed by atoms with Crippen LogP contribution >= 0.6 is 0 Å². The second-order valence-corrected chi connectivity index (χ2v) is 19.0. The lowest BCUT2D eigenvalue weighted by atomic mass is 9.72. The number of carbonyl (C=O) groups is 3. The van der Waals surface area contributed by atoms with E-state index in [9.17, 15) is 19.5 Å². The highest BCUT2D eigenvalue weighted by molar-refractivity contribution is 6.06. The van der Waals surface area contributed by atoms with Gasteiger partial charge in [-0.3, -0.25) is 24.5 Å². The van der Waals surface area contributed by atoms with Crippen molar-refractivity contribution in [2.24, 2.45) is 33.8 Å². The number of hydrogen-bond acceptors (Lipinski definition) is 15. The number of aliphatic hydroxyl groups is 1. The van der Waals surface area contributed by atoms with Crippen LogP contribution in [0.2, 0.25) is 0 Å². The zero-order valence-electron chi connectivity index (χ0n) is 39.0. The normalized spacial score (nSPS) is 38.0. The number of nitrogens with one attached hydrogen (secondary N) is 1. The van der Waals surface area contributed by atoms with Crippen molar-refractivity contribution < 1.29 is 52.7 Å². The van der Waals surface area contributed by atoms with Crippen molar-refractivity contribution in [1.82, 2.24) is 20.1 Å². The first-order chi connectivity index (χ1) is 30.5. The number of cyclic esters (lactones) is 1. The number of amides is 2. The summed E-state index contributed by atoms with van der Waals surface area (Å²) in [5, 5.41) is 19.9. The molecule has 5 aliphatic rings. The van der Waals surface area contributed by atoms with E-state index < -0.39 is 71.8 Å². The lowest BCUT2D eigenvalue weighted by molar-refractivity contribution is -0.302. The maximum absolute atomic E-state index is 14.6. The number of fused-ring (bicyclic) bond motifs is 5. The van der Waals surface area contributed by atoms with E-state index in [2.05, 4.69) is 29.3 Å². The number of benzene rings is 1. The molecule has 64 heavy (non-hydrogen) atoms. The van der Waals surface area contributed by atoms with Crippen molar-refractivity contribution in [3.05, 3.63) is 42.1 Å². The summed E-state index contributed by atoms with van der Waals surface area (Å²) in [5.74, 6) is -2.67. The number of ether oxygens (including phenoxy) is 6. The van der Waals surface area contributed by atoms with Crippen LogP contribution in [0.4, 0.5) is 4.79 Å². The molecule has 14 atom stereocenters. The number of para-hydroxylation sites is 1. The van der Waals surface area contributed by atoms with E-state index in [-0.39, 0.29) is 56.3 Å². The van der Waals surface area contributed by atoms with Gasteiger partial charge in [0.05, 0.1) is 73.3 Å². The molecule has 1 aromatic carbocycles. The van der Waals surface area contributed by atoms with E-state index in [0.29, 0.717) is 43.6 Å². The number of rotatable bonds is 9. The van der Waals surface area contributed by atoms with Gasteiger partial charge in [0.25, 0.3) is 5.91 Å². The highest BCUT2D eigenvalue weighted by Crippen LogP contribution is 2.45. The standard InChI is InChI=1S/C47H68N6O11/c1-11-36-47(8)40-28(4)37(49-18-20-53(40)45(57)64-47)26(2)23-46(7)41(63-44-38(54)35(52(9)10)22-27(3)61-44)29(5)39(30(6)43(56)62-36)58-24-31(25-59-46)51-60-21-19-50-42(55)33-16-17-48-34-15-13-12-14-32(33)34/h12-17,26-30,35-36,38-41,44,54H,11,18-25H2,1-10H3,(H,50,55)/t26-,27+,28+,29-,30-,35-,36+,38+,39+,40-,41+,44-,46-,47-/m1/s1. The maximum atomic E-state index is 14.6. The fraction of sp³-hybridized carbons (Fsp3) is 0.702. The van der Waals surface area contributed by atoms with Gasteiger partial charge in [-0.15, -0.1) is 0 Å². The van der Waals surface area contributed by atoms with Gasteiger partial charge in [-0.2, -0.15) is 0 Å². The van der Waals surface area contributed by atoms with Crippen LogP contribution in [-0.4, -0.2) is 163 Å². The van der Waals surface area contributed by atoms with Crippen LogP contribution in [0, 0.1) is 23.7 Å². The highest BCUT2D eigenvalue weighted by atomic mass is 16.7. The molecule has 4 bridgehead atoms. The maximum Gasteiger partial charge on any atom is 0.410 e. The summed E-state index contributed by atoms with van der Waals surface area (Å²) in [6.45, 7) is 16.5. The molecule has 17 heteroatoms. The van der Waals surface area contributed by atoms with Crippen molar-refractivity contribution in [2.45, 2.75) is 135 Å². The van der Waals surface area contributed by atoms with Crippen molar-refractivity contribution in [3.63, 3.8) is 0 Å². The summed E-state index contributed by atoms with van der Waals surface area (Å²) in [6, 6.07) is 8.44. The minimum Gasteiger partial charge on any atom is -0.458 e. The summed E-state index contributed by atoms with van der Waals surface area (Å²) in [7, 11) is 3.85. The first-order valence-electron chi connectivity index (χ1n) is 22.9. The van der Waals surface area contributed by atoms with Gasteiger partial charge >= 0.3 is 12.1 Å². The number of carbonyl (C=O) groups excluding carboxylic acids is 3. The van der Waals surface area contributed by atoms with Crippen molar-refractivity contribution in [2.75, 3.05) is 53.6 Å². The van der Waals surface area contributed by atoms with E-state index >= 15 is 0 Å². The molecule has 352 valence electrons. The first kappa shape index (κ1) is 47.7. The molecule has 5 aliphatic heterocycles. The molecular weight excluding hydrogens is 825 g/mol. The molecule has 6 heterocycles. The van der Waals surface area contributed by atoms with Gasteiger partial charge in [0.1, 0.15) is 24.5 Å². The SMILES string of the molecule is CC[C@@H]1OC(=O)[C@H](C)[C@H]2OCC(=NOCCNC(=O)c3ccnc4ccccc34)CO[C@](C)(C[C@@H](C)C3=NCCN4C(=O)O[C@@]1(C)[C@H]4[C@H]3C)[C@@H](O[C@H]1O[C@@H](C)C[C@@H](N(C)C)[C@@H]1O)[C@@H]2C. The second-order valence-electron chi connectivity index (χ2n) is 19.0. The third kappa shape index (κ3) is 9.52. The Morgan fingerprint density at radius 3 is 2.59 bits per heavy atom. The molecule has 4 saturated heterocycles. The Labute approximate surface area is 376 Å². The van der Waals surface area contributed by atoms with Crippen LogP contribution in [-0.2, 0) is 38.1 Å². The minimum absolute atomic E-state index is 0.0295. The predicted molar refractivity (Wildman–Crippen MR) is 238 cm³/mol. The monoisotopic (exact) mass is 892 g/mol. The molecule has 1 aromatic heterocycles. The summed E-state index contributed by atoms with van der Waals surface area (Å²) >= 11 is 0. The predicted octanol–water partition coefficient (Wildman–Crippen LogP) is 4.63. The average Bonchev–Trinajstić information content (AvgIpc) is 3.41. The zero-order chi connectivity index (χ0) is 46.1. The summed E-state index contributed by atoms with van der Waals surface area (Å²) in [4.78, 5) is 60.3. The van der Waals surface area contributed by atoms with Gasteiger partial charge in [0, 0.05) is 41.7 Å². The van der Waals surface area contributed by atoms with Crippen molar-refractivity contribution in [3.8, 4) is 0 Å². The quantitative estimate of drug-likeness (QED) is 0.202. The molecule has 0 saturated carbocycles. The largest absolute Gasteiger partial charge is 0.458 e. The Morgan fingerprint density at radius 2 is 1.84 bits per heavy atom. The molecule has 2 aromatic rings. The Morgan fingerprint density at radius 1 is 1.08 bits per heavy atom. The Hall–Kier alpha value is -4.26. The molecule has 0 spiro atoms. The average molecular weight is 893 g/mol. The van der Waals surface area contributed by atoms with E-state index in [1.807, 2.05) is 77.9 Å². The number of pyridine rings is 1. The van der Waals surface area contributed by atoms with E-state index in [1.165, 1.54) is 0 Å². The van der Waals surface area contributed by atoms with Crippen LogP contribution in [0.3, 0.4) is 0 Å². The third-order valence-electron chi connectivity index (χ3n) is 14.1. The Kier molecular flexibility index (Phi) is 14.7. The topological polar surface area (TPSA) is 192 Å². The lowest BCUT2D eigenvalue weighted by Crippen LogP contribution is -2.60. The Balaban J connectivity index is 1.22. The van der Waals surface area contributed by atoms with E-state index in [4.69, 9.17) is 38.3 Å². The molecule has 0 aliphatic carbocycles. The first-order valence-corrected chi connectivity index (χ1v) is 22.9. The molecular formula is C47H68N6O11. The number of hydrogen-bond donors (Lipinski definition) is 2. The summed E-state index contributed by atoms with van der Waals surface area (Å²) in [6.07, 6.45) is -2.10. The summed E-state index contributed by atoms with van der Waals surface area (Å²) in [5.41, 5.74) is 0.241. The molecule has 17 nitrogen and oxygen atoms in total. The van der Waals surface area contributed by atoms with Crippen LogP contribution in [0.25, 0.3) is 10.9 Å². The molecule has 7 rings (SSSR count). The fourth-order valence-corrected chi connectivity index (χ4v) is 11.0. The van der Waals surface area contributed by atoms with E-state index in [1.54, 1.807) is 24.1 Å². The Bertz CT molecular complexity index is 2060. The second kappa shape index (κ2) is 19.7. The van der Waals surface area contributed by atoms with Gasteiger partial charge in [-0.1, -0.05) is 51.0 Å². The number of likely N-dealkylation sites (N-methyl/N-ethyl adjacent to an activating group) is 1. The van der Waals surface area contributed by atoms with Crippen LogP contribution in [0.15, 0.2) is 46.7 Å². The van der Waals surface area contributed by atoms with Crippen LogP contribution in [0.5, 0.6) is 0 Å². The van der Waals surface area contributed by atoms with Crippen LogP contribution in [0.1, 0.15) is 85.0 Å². The number of nitrogens with zero attached hydrogens (tertiary/aromatic N) is 5. The number of aliphatic hydroxyl groups excluding tert-OH is 1. The number of oxime groups is 1. The van der Waals surface area contributed by atoms with Gasteiger partial charge < -0.3 is 48.6 Å². The molecule has 0 unspecified atom stereocenters. The smallest absolute Gasteiger partial charge is 0.410 e. The third-order valence-corrected chi connectivity index (χ3v) is 14.1. The summed E-state index contributed by atoms with van der Waals surface area (Å²) < 4.78 is 39.8. The molecule has 2 amide bonds. The van der Waals surface area contributed by atoms with Gasteiger partial charge in [0.2, 0.25) is 0 Å². The van der Waals surface area contributed by atoms with Crippen molar-refractivity contribution >= 4 is 40.3 Å². The molecule has 4 fully saturated rings. The van der Waals surface area contributed by atoms with Crippen LogP contribution < -0.4 is 5.32 Å². The minimum atomic E-state index is -1.16. The van der Waals surface area contributed by atoms with E-state index in [0.717, 1.165) is 16.6 Å². The molecule has 2 N–H and O–H groups in total. The lowest BCUT2D eigenvalue weighted by Gasteiger charge is -2.48. The fourth-order valence-electron chi connectivity index (χ4n) is 11.0. The highest BCUT2D eigenvalue weighted by Gasteiger charge is 2.60. The van der Waals surface area contributed by atoms with Crippen molar-refractivity contribution in [1.29, 1.82) is 0 Å².